The highest BCUT2D eigenvalue weighted by Crippen LogP contribution is 2.14. The zero-order chi connectivity index (χ0) is 22.5. The summed E-state index contributed by atoms with van der Waals surface area (Å²) in [5, 5.41) is 15.4. The molecule has 0 radical (unpaired) electrons. The van der Waals surface area contributed by atoms with Gasteiger partial charge in [-0.05, 0) is 49.8 Å². The quantitative estimate of drug-likeness (QED) is 0.214. The van der Waals surface area contributed by atoms with Gasteiger partial charge in [0.1, 0.15) is 18.1 Å². The second-order valence-electron chi connectivity index (χ2n) is 8.09. The van der Waals surface area contributed by atoms with Crippen molar-refractivity contribution in [1.29, 1.82) is 0 Å². The summed E-state index contributed by atoms with van der Waals surface area (Å²) >= 11 is 0. The summed E-state index contributed by atoms with van der Waals surface area (Å²) in [5.74, 6) is 4.16. The molecule has 1 aromatic heterocycles. The van der Waals surface area contributed by atoms with Crippen molar-refractivity contribution < 1.29 is 4.74 Å². The van der Waals surface area contributed by atoms with Crippen LogP contribution in [0.15, 0.2) is 29.3 Å². The summed E-state index contributed by atoms with van der Waals surface area (Å²) in [6.07, 6.45) is 7.16. The topological polar surface area (TPSA) is 76.4 Å². The van der Waals surface area contributed by atoms with E-state index < -0.39 is 0 Å². The van der Waals surface area contributed by atoms with Crippen LogP contribution in [0.25, 0.3) is 0 Å². The van der Waals surface area contributed by atoms with Crippen LogP contribution in [0, 0.1) is 12.8 Å². The minimum atomic E-state index is 0. The molecule has 7 nitrogen and oxygen atoms in total. The van der Waals surface area contributed by atoms with Crippen molar-refractivity contribution in [2.24, 2.45) is 18.0 Å². The van der Waals surface area contributed by atoms with Gasteiger partial charge in [-0.25, -0.2) is 4.99 Å². The van der Waals surface area contributed by atoms with Crippen molar-refractivity contribution in [2.75, 3.05) is 20.2 Å². The van der Waals surface area contributed by atoms with E-state index in [1.165, 1.54) is 37.7 Å². The Kier molecular flexibility index (Phi) is 14.0. The Morgan fingerprint density at radius 2 is 1.84 bits per heavy atom. The van der Waals surface area contributed by atoms with E-state index in [0.717, 1.165) is 42.9 Å². The standard InChI is InChI=1S/C24H40N6O.HI/c1-6-8-10-21(9-7-2)17-26-24(27-18-23-29-28-19(3)30(23)4)25-16-15-20-11-13-22(31-5)14-12-20;/h11-14,21H,6-10,15-18H2,1-5H3,(H2,25,26,27);1H. The number of nitrogens with one attached hydrogen (secondary N) is 2. The number of ether oxygens (including phenoxy) is 1. The highest BCUT2D eigenvalue weighted by molar-refractivity contribution is 14.0. The molecule has 0 fully saturated rings. The number of unbranched alkanes of at least 4 members (excludes halogenated alkanes) is 1. The van der Waals surface area contributed by atoms with Crippen LogP contribution < -0.4 is 15.4 Å². The van der Waals surface area contributed by atoms with Gasteiger partial charge in [-0.2, -0.15) is 0 Å². The van der Waals surface area contributed by atoms with E-state index in [2.05, 4.69) is 46.8 Å². The van der Waals surface area contributed by atoms with Crippen molar-refractivity contribution in [1.82, 2.24) is 25.4 Å². The molecular formula is C24H41IN6O. The molecule has 32 heavy (non-hydrogen) atoms. The first-order valence-electron chi connectivity index (χ1n) is 11.6. The Morgan fingerprint density at radius 3 is 2.44 bits per heavy atom. The molecule has 0 aliphatic rings. The summed E-state index contributed by atoms with van der Waals surface area (Å²) in [6.45, 7) is 8.73. The number of benzene rings is 1. The summed E-state index contributed by atoms with van der Waals surface area (Å²) in [7, 11) is 3.67. The zero-order valence-corrected chi connectivity index (χ0v) is 22.7. The molecule has 1 aromatic carbocycles. The van der Waals surface area contributed by atoms with Crippen molar-refractivity contribution in [2.45, 2.75) is 65.8 Å². The van der Waals surface area contributed by atoms with Crippen molar-refractivity contribution >= 4 is 29.9 Å². The SMILES string of the molecule is CCCCC(CCC)CNC(=NCc1nnc(C)n1C)NCCc1ccc(OC)cc1.I. The Bertz CT molecular complexity index is 790. The minimum absolute atomic E-state index is 0. The average molecular weight is 557 g/mol. The second kappa shape index (κ2) is 15.9. The van der Waals surface area contributed by atoms with Crippen LogP contribution in [0.3, 0.4) is 0 Å². The fourth-order valence-electron chi connectivity index (χ4n) is 3.52. The Balaban J connectivity index is 0.00000512. The van der Waals surface area contributed by atoms with Crippen molar-refractivity contribution in [3.63, 3.8) is 0 Å². The summed E-state index contributed by atoms with van der Waals surface area (Å²) in [4.78, 5) is 4.79. The second-order valence-corrected chi connectivity index (χ2v) is 8.09. The number of rotatable bonds is 13. The molecule has 2 aromatic rings. The first kappa shape index (κ1) is 28.2. The fourth-order valence-corrected chi connectivity index (χ4v) is 3.52. The third kappa shape index (κ3) is 9.75. The van der Waals surface area contributed by atoms with Crippen LogP contribution in [-0.2, 0) is 20.0 Å². The van der Waals surface area contributed by atoms with Gasteiger partial charge in [0.05, 0.1) is 7.11 Å². The molecule has 0 saturated heterocycles. The molecule has 0 aliphatic carbocycles. The molecule has 2 rings (SSSR count). The van der Waals surface area contributed by atoms with Gasteiger partial charge in [0, 0.05) is 20.1 Å². The molecule has 1 atom stereocenters. The van der Waals surface area contributed by atoms with Crippen LogP contribution in [0.4, 0.5) is 0 Å². The largest absolute Gasteiger partial charge is 0.497 e. The molecule has 2 N–H and O–H groups in total. The van der Waals surface area contributed by atoms with Gasteiger partial charge >= 0.3 is 0 Å². The maximum Gasteiger partial charge on any atom is 0.191 e. The van der Waals surface area contributed by atoms with E-state index in [9.17, 15) is 0 Å². The number of halogens is 1. The predicted octanol–water partition coefficient (Wildman–Crippen LogP) is 4.63. The van der Waals surface area contributed by atoms with E-state index >= 15 is 0 Å². The lowest BCUT2D eigenvalue weighted by Gasteiger charge is -2.19. The summed E-state index contributed by atoms with van der Waals surface area (Å²) in [6, 6.07) is 8.22. The lowest BCUT2D eigenvalue weighted by molar-refractivity contribution is 0.414. The average Bonchev–Trinajstić information content (AvgIpc) is 3.11. The van der Waals surface area contributed by atoms with Crippen LogP contribution >= 0.6 is 24.0 Å². The Hall–Kier alpha value is -1.84. The Morgan fingerprint density at radius 1 is 1.09 bits per heavy atom. The minimum Gasteiger partial charge on any atom is -0.497 e. The number of guanidine groups is 1. The number of nitrogens with zero attached hydrogens (tertiary/aromatic N) is 4. The monoisotopic (exact) mass is 556 g/mol. The first-order chi connectivity index (χ1) is 15.1. The zero-order valence-electron chi connectivity index (χ0n) is 20.4. The van der Waals surface area contributed by atoms with Crippen LogP contribution in [0.1, 0.15) is 63.2 Å². The lowest BCUT2D eigenvalue weighted by Crippen LogP contribution is -2.41. The molecule has 1 unspecified atom stereocenters. The normalized spacial score (nSPS) is 12.2. The van der Waals surface area contributed by atoms with Gasteiger partial charge in [-0.15, -0.1) is 34.2 Å². The van der Waals surface area contributed by atoms with E-state index in [4.69, 9.17) is 9.73 Å². The molecule has 180 valence electrons. The van der Waals surface area contributed by atoms with Crippen molar-refractivity contribution in [3.05, 3.63) is 41.5 Å². The molecule has 8 heteroatoms. The Labute approximate surface area is 210 Å². The van der Waals surface area contributed by atoms with E-state index in [0.29, 0.717) is 12.5 Å². The smallest absolute Gasteiger partial charge is 0.191 e. The highest BCUT2D eigenvalue weighted by Gasteiger charge is 2.10. The maximum atomic E-state index is 5.24. The van der Waals surface area contributed by atoms with Crippen LogP contribution in [0.5, 0.6) is 5.75 Å². The first-order valence-corrected chi connectivity index (χ1v) is 11.6. The number of aryl methyl sites for hydroxylation is 1. The number of hydrogen-bond donors (Lipinski definition) is 2. The molecule has 1 heterocycles. The van der Waals surface area contributed by atoms with Gasteiger partial charge < -0.3 is 19.9 Å². The highest BCUT2D eigenvalue weighted by atomic mass is 127. The fraction of sp³-hybridized carbons (Fsp3) is 0.625. The van der Waals surface area contributed by atoms with Crippen LogP contribution in [-0.4, -0.2) is 40.9 Å². The van der Waals surface area contributed by atoms with Crippen LogP contribution in [0.2, 0.25) is 0 Å². The molecular weight excluding hydrogens is 515 g/mol. The maximum absolute atomic E-state index is 5.24. The third-order valence-electron chi connectivity index (χ3n) is 5.65. The van der Waals surface area contributed by atoms with Gasteiger partial charge in [0.15, 0.2) is 11.8 Å². The van der Waals surface area contributed by atoms with E-state index in [1.807, 2.05) is 30.7 Å². The van der Waals surface area contributed by atoms with Gasteiger partial charge in [-0.1, -0.05) is 45.2 Å². The lowest BCUT2D eigenvalue weighted by atomic mass is 9.97. The summed E-state index contributed by atoms with van der Waals surface area (Å²) < 4.78 is 7.23. The molecule has 0 saturated carbocycles. The molecule has 0 amide bonds. The summed E-state index contributed by atoms with van der Waals surface area (Å²) in [5.41, 5.74) is 1.27. The van der Waals surface area contributed by atoms with E-state index in [-0.39, 0.29) is 24.0 Å². The van der Waals surface area contributed by atoms with Gasteiger partial charge in [0.2, 0.25) is 0 Å². The number of aromatic nitrogens is 3. The third-order valence-corrected chi connectivity index (χ3v) is 5.65. The van der Waals surface area contributed by atoms with Gasteiger partial charge in [-0.3, -0.25) is 0 Å². The number of aliphatic imine (C=N–C) groups is 1. The molecule has 0 spiro atoms. The van der Waals surface area contributed by atoms with E-state index in [1.54, 1.807) is 7.11 Å². The molecule has 0 bridgehead atoms. The number of methoxy groups -OCH3 is 1. The van der Waals surface area contributed by atoms with Gasteiger partial charge in [0.25, 0.3) is 0 Å². The molecule has 0 aliphatic heterocycles. The predicted molar refractivity (Wildman–Crippen MR) is 143 cm³/mol. The van der Waals surface area contributed by atoms with Crippen molar-refractivity contribution in [3.8, 4) is 5.75 Å². The number of hydrogen-bond acceptors (Lipinski definition) is 4.